The second-order valence-corrected chi connectivity index (χ2v) is 8.44. The van der Waals surface area contributed by atoms with Crippen molar-refractivity contribution >= 4 is 39.1 Å². The zero-order valence-corrected chi connectivity index (χ0v) is 16.2. The van der Waals surface area contributed by atoms with Crippen molar-refractivity contribution in [3.8, 4) is 0 Å². The van der Waals surface area contributed by atoms with E-state index in [1.807, 2.05) is 0 Å². The average molecular weight is 410 g/mol. The van der Waals surface area contributed by atoms with Gasteiger partial charge in [-0.1, -0.05) is 6.07 Å². The van der Waals surface area contributed by atoms with Gasteiger partial charge in [0.05, 0.1) is 11.4 Å². The topological polar surface area (TPSA) is 125 Å². The maximum Gasteiger partial charge on any atom is 0.269 e. The molecular formula is C16H18N4O5S2. The summed E-state index contributed by atoms with van der Waals surface area (Å²) in [6.07, 6.45) is 0. The summed E-state index contributed by atoms with van der Waals surface area (Å²) in [4.78, 5) is 35.5. The molecule has 27 heavy (non-hydrogen) atoms. The van der Waals surface area contributed by atoms with Gasteiger partial charge in [0, 0.05) is 30.6 Å². The molecule has 0 atom stereocenters. The lowest BCUT2D eigenvalue weighted by Crippen LogP contribution is -2.46. The fraction of sp³-hybridized carbons (Fsp3) is 0.188. The van der Waals surface area contributed by atoms with E-state index in [0.29, 0.717) is 5.56 Å². The van der Waals surface area contributed by atoms with Crippen molar-refractivity contribution in [3.05, 3.63) is 52.2 Å². The molecule has 0 radical (unpaired) electrons. The molecule has 2 aromatic rings. The highest BCUT2D eigenvalue weighted by molar-refractivity contribution is 7.89. The molecular weight excluding hydrogens is 392 g/mol. The van der Waals surface area contributed by atoms with E-state index in [1.54, 1.807) is 16.8 Å². The van der Waals surface area contributed by atoms with Crippen molar-refractivity contribution in [3.63, 3.8) is 0 Å². The highest BCUT2D eigenvalue weighted by Gasteiger charge is 2.19. The molecule has 0 aliphatic heterocycles. The summed E-state index contributed by atoms with van der Waals surface area (Å²) in [7, 11) is -0.921. The van der Waals surface area contributed by atoms with Gasteiger partial charge >= 0.3 is 0 Å². The molecule has 0 bridgehead atoms. The maximum absolute atomic E-state index is 12.1. The third kappa shape index (κ3) is 5.36. The Morgan fingerprint density at radius 3 is 2.41 bits per heavy atom. The molecule has 0 unspecified atom stereocenters. The minimum absolute atomic E-state index is 0.0468. The molecule has 9 nitrogen and oxygen atoms in total. The van der Waals surface area contributed by atoms with Gasteiger partial charge in [0.1, 0.15) is 0 Å². The summed E-state index contributed by atoms with van der Waals surface area (Å²) >= 11 is 1.35. The predicted molar refractivity (Wildman–Crippen MR) is 99.6 cm³/mol. The largest absolute Gasteiger partial charge is 0.343 e. The molecule has 2 rings (SSSR count). The SMILES string of the molecule is CN(C)S(=O)(=O)c1cccc(C(=O)NNC(=O)CNC(=O)c2ccsc2)c1. The summed E-state index contributed by atoms with van der Waals surface area (Å²) in [5.41, 5.74) is 4.82. The first kappa shape index (κ1) is 20.6. The Hall–Kier alpha value is -2.76. The first-order chi connectivity index (χ1) is 12.7. The normalized spacial score (nSPS) is 11.1. The molecule has 144 valence electrons. The van der Waals surface area contributed by atoms with E-state index in [1.165, 1.54) is 49.7 Å². The lowest BCUT2D eigenvalue weighted by molar-refractivity contribution is -0.120. The van der Waals surface area contributed by atoms with E-state index in [2.05, 4.69) is 16.2 Å². The molecule has 11 heteroatoms. The molecule has 0 aliphatic carbocycles. The van der Waals surface area contributed by atoms with Crippen LogP contribution < -0.4 is 16.2 Å². The molecule has 0 saturated carbocycles. The van der Waals surface area contributed by atoms with Gasteiger partial charge in [0.2, 0.25) is 10.0 Å². The van der Waals surface area contributed by atoms with Crippen molar-refractivity contribution in [2.24, 2.45) is 0 Å². The van der Waals surface area contributed by atoms with Crippen molar-refractivity contribution in [1.82, 2.24) is 20.5 Å². The number of nitrogens with zero attached hydrogens (tertiary/aromatic N) is 1. The Morgan fingerprint density at radius 1 is 1.04 bits per heavy atom. The van der Waals surface area contributed by atoms with E-state index >= 15 is 0 Å². The standard InChI is InChI=1S/C16H18N4O5S2/c1-20(2)27(24,25)13-5-3-4-11(8-13)16(23)19-18-14(21)9-17-15(22)12-6-7-26-10-12/h3-8,10H,9H2,1-2H3,(H,17,22)(H,18,21)(H,19,23). The summed E-state index contributed by atoms with van der Waals surface area (Å²) in [6.45, 7) is -0.329. The van der Waals surface area contributed by atoms with Gasteiger partial charge in [-0.3, -0.25) is 25.2 Å². The number of sulfonamides is 1. The molecule has 3 amide bonds. The fourth-order valence-electron chi connectivity index (χ4n) is 1.91. The molecule has 1 heterocycles. The van der Waals surface area contributed by atoms with Crippen LogP contribution in [0.3, 0.4) is 0 Å². The van der Waals surface area contributed by atoms with Crippen LogP contribution in [0.15, 0.2) is 46.0 Å². The number of nitrogens with one attached hydrogen (secondary N) is 3. The number of thiophene rings is 1. The smallest absolute Gasteiger partial charge is 0.269 e. The van der Waals surface area contributed by atoms with Gasteiger partial charge in [-0.05, 0) is 29.6 Å². The van der Waals surface area contributed by atoms with Crippen LogP contribution in [-0.4, -0.2) is 51.1 Å². The Bertz CT molecular complexity index is 939. The van der Waals surface area contributed by atoms with Crippen LogP contribution in [-0.2, 0) is 14.8 Å². The first-order valence-corrected chi connectivity index (χ1v) is 10.0. The molecule has 3 N–H and O–H groups in total. The first-order valence-electron chi connectivity index (χ1n) is 7.64. The number of carbonyl (C=O) groups is 3. The Morgan fingerprint density at radius 2 is 1.78 bits per heavy atom. The number of hydrogen-bond donors (Lipinski definition) is 3. The van der Waals surface area contributed by atoms with E-state index in [4.69, 9.17) is 0 Å². The van der Waals surface area contributed by atoms with Gasteiger partial charge in [0.25, 0.3) is 17.7 Å². The van der Waals surface area contributed by atoms with Crippen LogP contribution >= 0.6 is 11.3 Å². The van der Waals surface area contributed by atoms with Crippen molar-refractivity contribution in [2.75, 3.05) is 20.6 Å². The molecule has 0 saturated heterocycles. The zero-order chi connectivity index (χ0) is 20.0. The third-order valence-corrected chi connectivity index (χ3v) is 5.88. The lowest BCUT2D eigenvalue weighted by Gasteiger charge is -2.12. The maximum atomic E-state index is 12.1. The Kier molecular flexibility index (Phi) is 6.66. The van der Waals surface area contributed by atoms with Gasteiger partial charge in [-0.25, -0.2) is 12.7 Å². The van der Waals surface area contributed by atoms with Crippen LogP contribution in [0.5, 0.6) is 0 Å². The number of carbonyl (C=O) groups excluding carboxylic acids is 3. The van der Waals surface area contributed by atoms with E-state index in [9.17, 15) is 22.8 Å². The van der Waals surface area contributed by atoms with E-state index in [-0.39, 0.29) is 17.0 Å². The van der Waals surface area contributed by atoms with Crippen LogP contribution in [0.25, 0.3) is 0 Å². The highest BCUT2D eigenvalue weighted by Crippen LogP contribution is 2.14. The van der Waals surface area contributed by atoms with Crippen LogP contribution in [0.4, 0.5) is 0 Å². The molecule has 0 spiro atoms. The molecule has 1 aromatic heterocycles. The summed E-state index contributed by atoms with van der Waals surface area (Å²) in [5, 5.41) is 5.79. The van der Waals surface area contributed by atoms with Crippen molar-refractivity contribution in [1.29, 1.82) is 0 Å². The monoisotopic (exact) mass is 410 g/mol. The molecule has 1 aromatic carbocycles. The predicted octanol–water partition coefficient (Wildman–Crippen LogP) is 0.189. The van der Waals surface area contributed by atoms with E-state index in [0.717, 1.165) is 4.31 Å². The highest BCUT2D eigenvalue weighted by atomic mass is 32.2. The summed E-state index contributed by atoms with van der Waals surface area (Å²) in [6, 6.07) is 7.02. The minimum Gasteiger partial charge on any atom is -0.343 e. The van der Waals surface area contributed by atoms with Gasteiger partial charge in [0.15, 0.2) is 0 Å². The number of benzene rings is 1. The van der Waals surface area contributed by atoms with Crippen molar-refractivity contribution in [2.45, 2.75) is 4.90 Å². The van der Waals surface area contributed by atoms with Gasteiger partial charge in [-0.15, -0.1) is 0 Å². The molecule has 0 aliphatic rings. The minimum atomic E-state index is -3.68. The summed E-state index contributed by atoms with van der Waals surface area (Å²) in [5.74, 6) is -1.73. The fourth-order valence-corrected chi connectivity index (χ4v) is 3.49. The van der Waals surface area contributed by atoms with Crippen molar-refractivity contribution < 1.29 is 22.8 Å². The summed E-state index contributed by atoms with van der Waals surface area (Å²) < 4.78 is 25.2. The second-order valence-electron chi connectivity index (χ2n) is 5.51. The van der Waals surface area contributed by atoms with Gasteiger partial charge < -0.3 is 5.32 Å². The van der Waals surface area contributed by atoms with Crippen LogP contribution in [0.1, 0.15) is 20.7 Å². The number of hydrogen-bond acceptors (Lipinski definition) is 6. The zero-order valence-electron chi connectivity index (χ0n) is 14.6. The second kappa shape index (κ2) is 8.75. The quantitative estimate of drug-likeness (QED) is 0.587. The van der Waals surface area contributed by atoms with Crippen LogP contribution in [0, 0.1) is 0 Å². The average Bonchev–Trinajstić information content (AvgIpc) is 3.19. The van der Waals surface area contributed by atoms with E-state index < -0.39 is 27.7 Å². The van der Waals surface area contributed by atoms with Crippen LogP contribution in [0.2, 0.25) is 0 Å². The van der Waals surface area contributed by atoms with Gasteiger partial charge in [-0.2, -0.15) is 11.3 Å². The Balaban J connectivity index is 1.90. The number of hydrazine groups is 1. The Labute approximate surface area is 160 Å². The molecule has 0 fully saturated rings. The number of amides is 3. The third-order valence-electron chi connectivity index (χ3n) is 3.38. The lowest BCUT2D eigenvalue weighted by atomic mass is 10.2. The number of rotatable bonds is 6.